The summed E-state index contributed by atoms with van der Waals surface area (Å²) in [5.74, 6) is 2.36. The lowest BCUT2D eigenvalue weighted by atomic mass is 10.1. The number of nitrogens with zero attached hydrogens (tertiary/aromatic N) is 2. The summed E-state index contributed by atoms with van der Waals surface area (Å²) in [6.07, 6.45) is 5.46. The lowest BCUT2D eigenvalue weighted by Crippen LogP contribution is -2.07. The fourth-order valence-corrected chi connectivity index (χ4v) is 2.46. The molecule has 4 rings (SSSR count). The molecule has 2 N–H and O–H groups in total. The number of H-pyrrole nitrogens is 1. The van der Waals surface area contributed by atoms with Gasteiger partial charge in [-0.1, -0.05) is 0 Å². The van der Waals surface area contributed by atoms with Gasteiger partial charge in [0, 0.05) is 23.3 Å². The van der Waals surface area contributed by atoms with Crippen molar-refractivity contribution >= 4 is 16.6 Å². The quantitative estimate of drug-likeness (QED) is 0.773. The standard InChI is InChI=1S/C15H14N4O2/c1-9(11-6-17-18-7-11)19-15-12-5-14-13(20-8-21-14)4-10(12)2-3-16-15/h2-7,9H,8H2,1H3,(H,16,19)(H,17,18). The Balaban J connectivity index is 1.75. The van der Waals surface area contributed by atoms with Gasteiger partial charge in [0.25, 0.3) is 0 Å². The molecular weight excluding hydrogens is 268 g/mol. The molecule has 1 atom stereocenters. The molecule has 106 valence electrons. The van der Waals surface area contributed by atoms with Crippen LogP contribution in [0.5, 0.6) is 11.5 Å². The van der Waals surface area contributed by atoms with Gasteiger partial charge in [0.15, 0.2) is 11.5 Å². The van der Waals surface area contributed by atoms with Crippen LogP contribution in [0.3, 0.4) is 0 Å². The highest BCUT2D eigenvalue weighted by Gasteiger charge is 2.17. The minimum Gasteiger partial charge on any atom is -0.454 e. The van der Waals surface area contributed by atoms with Gasteiger partial charge in [-0.3, -0.25) is 5.10 Å². The van der Waals surface area contributed by atoms with Crippen molar-refractivity contribution < 1.29 is 9.47 Å². The number of fused-ring (bicyclic) bond motifs is 2. The zero-order valence-electron chi connectivity index (χ0n) is 11.5. The van der Waals surface area contributed by atoms with Crippen LogP contribution in [0.1, 0.15) is 18.5 Å². The number of anilines is 1. The maximum atomic E-state index is 5.45. The van der Waals surface area contributed by atoms with Crippen LogP contribution in [0.15, 0.2) is 36.8 Å². The molecule has 0 saturated heterocycles. The van der Waals surface area contributed by atoms with Gasteiger partial charge in [-0.15, -0.1) is 0 Å². The molecular formula is C15H14N4O2. The number of aromatic nitrogens is 3. The van der Waals surface area contributed by atoms with Crippen LogP contribution in [-0.4, -0.2) is 22.0 Å². The largest absolute Gasteiger partial charge is 0.454 e. The molecule has 0 radical (unpaired) electrons. The third-order valence-electron chi connectivity index (χ3n) is 3.63. The average Bonchev–Trinajstić information content (AvgIpc) is 3.16. The Labute approximate surface area is 121 Å². The van der Waals surface area contributed by atoms with Crippen molar-refractivity contribution in [3.05, 3.63) is 42.4 Å². The number of hydrogen-bond donors (Lipinski definition) is 2. The van der Waals surface area contributed by atoms with Gasteiger partial charge >= 0.3 is 0 Å². The van der Waals surface area contributed by atoms with Crippen LogP contribution in [-0.2, 0) is 0 Å². The van der Waals surface area contributed by atoms with Gasteiger partial charge in [-0.25, -0.2) is 4.98 Å². The first kappa shape index (κ1) is 12.0. The first-order valence-corrected chi connectivity index (χ1v) is 6.75. The van der Waals surface area contributed by atoms with E-state index in [-0.39, 0.29) is 12.8 Å². The summed E-state index contributed by atoms with van der Waals surface area (Å²) >= 11 is 0. The van der Waals surface area contributed by atoms with Crippen molar-refractivity contribution in [1.82, 2.24) is 15.2 Å². The number of nitrogens with one attached hydrogen (secondary N) is 2. The minimum absolute atomic E-state index is 0.104. The smallest absolute Gasteiger partial charge is 0.231 e. The van der Waals surface area contributed by atoms with E-state index in [1.165, 1.54) is 0 Å². The predicted molar refractivity (Wildman–Crippen MR) is 78.5 cm³/mol. The Morgan fingerprint density at radius 3 is 2.95 bits per heavy atom. The second kappa shape index (κ2) is 4.66. The Morgan fingerprint density at radius 2 is 2.14 bits per heavy atom. The lowest BCUT2D eigenvalue weighted by molar-refractivity contribution is 0.174. The first-order valence-electron chi connectivity index (χ1n) is 6.75. The minimum atomic E-state index is 0.104. The van der Waals surface area contributed by atoms with Crippen LogP contribution < -0.4 is 14.8 Å². The van der Waals surface area contributed by atoms with Gasteiger partial charge in [-0.05, 0) is 30.5 Å². The fourth-order valence-electron chi connectivity index (χ4n) is 2.46. The molecule has 0 saturated carbocycles. The van der Waals surface area contributed by atoms with Crippen molar-refractivity contribution in [3.63, 3.8) is 0 Å². The van der Waals surface area contributed by atoms with E-state index in [0.717, 1.165) is 33.7 Å². The van der Waals surface area contributed by atoms with Crippen LogP contribution in [0.4, 0.5) is 5.82 Å². The lowest BCUT2D eigenvalue weighted by Gasteiger charge is -2.14. The summed E-state index contributed by atoms with van der Waals surface area (Å²) in [5.41, 5.74) is 1.08. The van der Waals surface area contributed by atoms with Gasteiger partial charge in [0.2, 0.25) is 6.79 Å². The summed E-state index contributed by atoms with van der Waals surface area (Å²) in [4.78, 5) is 4.44. The summed E-state index contributed by atoms with van der Waals surface area (Å²) in [7, 11) is 0. The Hall–Kier alpha value is -2.76. The Morgan fingerprint density at radius 1 is 1.29 bits per heavy atom. The molecule has 0 amide bonds. The molecule has 0 aliphatic carbocycles. The molecule has 3 heterocycles. The van der Waals surface area contributed by atoms with E-state index < -0.39 is 0 Å². The summed E-state index contributed by atoms with van der Waals surface area (Å²) < 4.78 is 10.9. The Kier molecular flexibility index (Phi) is 2.67. The molecule has 2 aromatic heterocycles. The van der Waals surface area contributed by atoms with E-state index in [4.69, 9.17) is 9.47 Å². The number of benzene rings is 1. The third kappa shape index (κ3) is 2.05. The summed E-state index contributed by atoms with van der Waals surface area (Å²) in [6.45, 7) is 2.34. The zero-order chi connectivity index (χ0) is 14.2. The van der Waals surface area contributed by atoms with Crippen molar-refractivity contribution in [2.24, 2.45) is 0 Å². The highest BCUT2D eigenvalue weighted by molar-refractivity contribution is 5.94. The van der Waals surface area contributed by atoms with E-state index >= 15 is 0 Å². The number of rotatable bonds is 3. The SMILES string of the molecule is CC(Nc1nccc2cc3c(cc12)OCO3)c1cn[nH]c1. The number of hydrogen-bond acceptors (Lipinski definition) is 5. The van der Waals surface area contributed by atoms with Crippen molar-refractivity contribution in [2.45, 2.75) is 13.0 Å². The highest BCUT2D eigenvalue weighted by atomic mass is 16.7. The second-order valence-electron chi connectivity index (χ2n) is 4.98. The average molecular weight is 282 g/mol. The van der Waals surface area contributed by atoms with Crippen LogP contribution in [0.25, 0.3) is 10.8 Å². The predicted octanol–water partition coefficient (Wildman–Crippen LogP) is 2.86. The molecule has 1 unspecified atom stereocenters. The first-order chi connectivity index (χ1) is 10.3. The van der Waals surface area contributed by atoms with E-state index in [9.17, 15) is 0 Å². The molecule has 0 bridgehead atoms. The molecule has 0 fully saturated rings. The molecule has 1 aliphatic rings. The molecule has 1 aromatic carbocycles. The van der Waals surface area contributed by atoms with E-state index in [1.807, 2.05) is 24.4 Å². The van der Waals surface area contributed by atoms with Crippen molar-refractivity contribution in [3.8, 4) is 11.5 Å². The topological polar surface area (TPSA) is 72.1 Å². The molecule has 6 nitrogen and oxygen atoms in total. The van der Waals surface area contributed by atoms with Crippen LogP contribution >= 0.6 is 0 Å². The van der Waals surface area contributed by atoms with Gasteiger partial charge in [-0.2, -0.15) is 5.10 Å². The molecule has 1 aliphatic heterocycles. The second-order valence-corrected chi connectivity index (χ2v) is 4.98. The summed E-state index contributed by atoms with van der Waals surface area (Å²) in [5, 5.41) is 12.3. The zero-order valence-corrected chi connectivity index (χ0v) is 11.5. The monoisotopic (exact) mass is 282 g/mol. The Bertz CT molecular complexity index is 786. The maximum Gasteiger partial charge on any atom is 0.231 e. The normalized spacial score (nSPS) is 14.3. The number of pyridine rings is 1. The van der Waals surface area contributed by atoms with Gasteiger partial charge in [0.05, 0.1) is 12.2 Å². The fraction of sp³-hybridized carbons (Fsp3) is 0.200. The van der Waals surface area contributed by atoms with Crippen molar-refractivity contribution in [1.29, 1.82) is 0 Å². The molecule has 3 aromatic rings. The summed E-state index contributed by atoms with van der Waals surface area (Å²) in [6, 6.07) is 6.01. The number of ether oxygens (including phenoxy) is 2. The third-order valence-corrected chi connectivity index (χ3v) is 3.63. The molecule has 21 heavy (non-hydrogen) atoms. The molecule has 6 heteroatoms. The maximum absolute atomic E-state index is 5.45. The molecule has 0 spiro atoms. The van der Waals surface area contributed by atoms with Gasteiger partial charge < -0.3 is 14.8 Å². The highest BCUT2D eigenvalue weighted by Crippen LogP contribution is 2.38. The van der Waals surface area contributed by atoms with Crippen molar-refractivity contribution in [2.75, 3.05) is 12.1 Å². The van der Waals surface area contributed by atoms with E-state index in [0.29, 0.717) is 0 Å². The van der Waals surface area contributed by atoms with Gasteiger partial charge in [0.1, 0.15) is 5.82 Å². The van der Waals surface area contributed by atoms with Crippen LogP contribution in [0, 0.1) is 0 Å². The number of aromatic amines is 1. The van der Waals surface area contributed by atoms with E-state index in [1.54, 1.807) is 12.4 Å². The van der Waals surface area contributed by atoms with E-state index in [2.05, 4.69) is 27.4 Å². The van der Waals surface area contributed by atoms with Crippen LogP contribution in [0.2, 0.25) is 0 Å².